The van der Waals surface area contributed by atoms with Gasteiger partial charge in [0.25, 0.3) is 0 Å². The van der Waals surface area contributed by atoms with Crippen molar-refractivity contribution in [2.75, 3.05) is 19.7 Å². The number of aromatic nitrogens is 3. The first kappa shape index (κ1) is 21.3. The Labute approximate surface area is 180 Å². The Kier molecular flexibility index (Phi) is 5.92. The highest BCUT2D eigenvalue weighted by Gasteiger charge is 2.31. The molecule has 0 unspecified atom stereocenters. The van der Waals surface area contributed by atoms with Gasteiger partial charge in [0.1, 0.15) is 17.1 Å². The molecule has 0 atom stereocenters. The van der Waals surface area contributed by atoms with Crippen molar-refractivity contribution in [2.24, 2.45) is 0 Å². The zero-order valence-electron chi connectivity index (χ0n) is 17.1. The predicted octanol–water partition coefficient (Wildman–Crippen LogP) is 2.48. The number of carbonyl (C=O) groups is 1. The summed E-state index contributed by atoms with van der Waals surface area (Å²) >= 11 is 0. The number of ether oxygens (including phenoxy) is 1. The van der Waals surface area contributed by atoms with Crippen molar-refractivity contribution < 1.29 is 23.1 Å². The van der Waals surface area contributed by atoms with E-state index in [1.165, 1.54) is 16.6 Å². The molecule has 1 aliphatic rings. The average Bonchev–Trinajstić information content (AvgIpc) is 3.12. The SMILES string of the molecule is CCOc1ccc(S(=O)(=O)N2CCC(c3cn(CC(=O)O)c4ncccc34)CC2)cn1. The number of carboxylic acids is 1. The first-order valence-electron chi connectivity index (χ1n) is 10.1. The highest BCUT2D eigenvalue weighted by molar-refractivity contribution is 7.89. The summed E-state index contributed by atoms with van der Waals surface area (Å²) in [4.78, 5) is 19.8. The standard InChI is InChI=1S/C21H24N4O5S/c1-2-30-19-6-5-16(12-23-19)31(28,29)25-10-7-15(8-11-25)18-13-24(14-20(26)27)21-17(18)4-3-9-22-21/h3-6,9,12-13,15H,2,7-8,10-11,14H2,1H3,(H,26,27). The fourth-order valence-corrected chi connectivity index (χ4v) is 5.47. The van der Waals surface area contributed by atoms with Gasteiger partial charge in [0.2, 0.25) is 15.9 Å². The minimum atomic E-state index is -3.63. The molecule has 0 spiro atoms. The molecule has 1 fully saturated rings. The topological polar surface area (TPSA) is 115 Å². The lowest BCUT2D eigenvalue weighted by atomic mass is 9.90. The molecule has 3 aromatic rings. The molecule has 1 N–H and O–H groups in total. The Morgan fingerprint density at radius 1 is 1.23 bits per heavy atom. The molecule has 9 nitrogen and oxygen atoms in total. The van der Waals surface area contributed by atoms with Gasteiger partial charge in [0.05, 0.1) is 12.8 Å². The van der Waals surface area contributed by atoms with Crippen molar-refractivity contribution >= 4 is 27.0 Å². The van der Waals surface area contributed by atoms with Crippen LogP contribution >= 0.6 is 0 Å². The Hall–Kier alpha value is -2.98. The van der Waals surface area contributed by atoms with Crippen molar-refractivity contribution in [3.8, 4) is 5.88 Å². The number of pyridine rings is 2. The summed E-state index contributed by atoms with van der Waals surface area (Å²) in [5, 5.41) is 10.1. The minimum absolute atomic E-state index is 0.131. The molecule has 0 aliphatic carbocycles. The van der Waals surface area contributed by atoms with Crippen LogP contribution in [0.4, 0.5) is 0 Å². The van der Waals surface area contributed by atoms with Gasteiger partial charge in [0.15, 0.2) is 0 Å². The Balaban J connectivity index is 1.51. The van der Waals surface area contributed by atoms with Crippen molar-refractivity contribution in [3.63, 3.8) is 0 Å². The van der Waals surface area contributed by atoms with Crippen LogP contribution < -0.4 is 4.74 Å². The third kappa shape index (κ3) is 4.26. The Bertz CT molecular complexity index is 1180. The van der Waals surface area contributed by atoms with E-state index in [1.807, 2.05) is 25.3 Å². The normalized spacial score (nSPS) is 15.9. The van der Waals surface area contributed by atoms with Crippen LogP contribution in [-0.4, -0.2) is 58.0 Å². The van der Waals surface area contributed by atoms with E-state index in [-0.39, 0.29) is 17.4 Å². The summed E-state index contributed by atoms with van der Waals surface area (Å²) in [7, 11) is -3.63. The van der Waals surface area contributed by atoms with E-state index in [2.05, 4.69) is 9.97 Å². The molecule has 0 radical (unpaired) electrons. The van der Waals surface area contributed by atoms with Gasteiger partial charge in [0, 0.05) is 36.9 Å². The Morgan fingerprint density at radius 3 is 2.65 bits per heavy atom. The number of aliphatic carboxylic acids is 1. The molecular formula is C21H24N4O5S. The van der Waals surface area contributed by atoms with Gasteiger partial charge in [-0.25, -0.2) is 18.4 Å². The van der Waals surface area contributed by atoms with Gasteiger partial charge in [-0.1, -0.05) is 0 Å². The van der Waals surface area contributed by atoms with Crippen LogP contribution in [-0.2, 0) is 21.4 Å². The van der Waals surface area contributed by atoms with Crippen molar-refractivity contribution in [1.29, 1.82) is 0 Å². The first-order valence-corrected chi connectivity index (χ1v) is 11.6. The zero-order valence-corrected chi connectivity index (χ0v) is 18.0. The van der Waals surface area contributed by atoms with E-state index in [0.29, 0.717) is 44.1 Å². The number of hydrogen-bond acceptors (Lipinski definition) is 6. The summed E-state index contributed by atoms with van der Waals surface area (Å²) in [6.45, 7) is 2.90. The van der Waals surface area contributed by atoms with Crippen molar-refractivity contribution in [3.05, 3.63) is 48.4 Å². The quantitative estimate of drug-likeness (QED) is 0.595. The molecule has 0 saturated carbocycles. The number of fused-ring (bicyclic) bond motifs is 1. The second-order valence-electron chi connectivity index (χ2n) is 7.42. The number of sulfonamides is 1. The maximum absolute atomic E-state index is 13.0. The number of hydrogen-bond donors (Lipinski definition) is 1. The van der Waals surface area contributed by atoms with Crippen molar-refractivity contribution in [1.82, 2.24) is 18.8 Å². The molecule has 164 valence electrons. The van der Waals surface area contributed by atoms with Gasteiger partial charge in [-0.2, -0.15) is 4.31 Å². The second-order valence-corrected chi connectivity index (χ2v) is 9.36. The van der Waals surface area contributed by atoms with Gasteiger partial charge < -0.3 is 14.4 Å². The third-order valence-corrected chi connectivity index (χ3v) is 7.39. The smallest absolute Gasteiger partial charge is 0.323 e. The highest BCUT2D eigenvalue weighted by Crippen LogP contribution is 2.35. The molecule has 0 aromatic carbocycles. The molecule has 31 heavy (non-hydrogen) atoms. The molecule has 0 bridgehead atoms. The summed E-state index contributed by atoms with van der Waals surface area (Å²) < 4.78 is 34.4. The minimum Gasteiger partial charge on any atom is -0.480 e. The monoisotopic (exact) mass is 444 g/mol. The number of carboxylic acid groups (broad SMARTS) is 1. The van der Waals surface area contributed by atoms with Crippen LogP contribution in [0.25, 0.3) is 11.0 Å². The van der Waals surface area contributed by atoms with Crippen LogP contribution in [0.3, 0.4) is 0 Å². The average molecular weight is 445 g/mol. The lowest BCUT2D eigenvalue weighted by molar-refractivity contribution is -0.137. The lowest BCUT2D eigenvalue weighted by Gasteiger charge is -2.31. The van der Waals surface area contributed by atoms with Gasteiger partial charge in [-0.05, 0) is 49.4 Å². The van der Waals surface area contributed by atoms with Crippen LogP contribution in [0.1, 0.15) is 31.2 Å². The summed E-state index contributed by atoms with van der Waals surface area (Å²) in [6, 6.07) is 6.85. The maximum Gasteiger partial charge on any atom is 0.323 e. The van der Waals surface area contributed by atoms with Crippen LogP contribution in [0, 0.1) is 0 Å². The number of nitrogens with zero attached hydrogens (tertiary/aromatic N) is 4. The maximum atomic E-state index is 13.0. The zero-order chi connectivity index (χ0) is 22.0. The highest BCUT2D eigenvalue weighted by atomic mass is 32.2. The van der Waals surface area contributed by atoms with E-state index in [1.54, 1.807) is 16.8 Å². The summed E-state index contributed by atoms with van der Waals surface area (Å²) in [5.74, 6) is -0.405. The van der Waals surface area contributed by atoms with E-state index >= 15 is 0 Å². The van der Waals surface area contributed by atoms with Gasteiger partial charge >= 0.3 is 5.97 Å². The molecule has 10 heteroatoms. The lowest BCUT2D eigenvalue weighted by Crippen LogP contribution is -2.37. The van der Waals surface area contributed by atoms with E-state index in [0.717, 1.165) is 10.9 Å². The molecule has 1 aliphatic heterocycles. The van der Waals surface area contributed by atoms with Gasteiger partial charge in [-0.3, -0.25) is 4.79 Å². The van der Waals surface area contributed by atoms with E-state index in [4.69, 9.17) is 4.74 Å². The van der Waals surface area contributed by atoms with E-state index < -0.39 is 16.0 Å². The largest absolute Gasteiger partial charge is 0.480 e. The third-order valence-electron chi connectivity index (χ3n) is 5.50. The predicted molar refractivity (Wildman–Crippen MR) is 114 cm³/mol. The van der Waals surface area contributed by atoms with Crippen LogP contribution in [0.15, 0.2) is 47.8 Å². The van der Waals surface area contributed by atoms with Crippen LogP contribution in [0.5, 0.6) is 5.88 Å². The first-order chi connectivity index (χ1) is 14.9. The molecule has 3 aromatic heterocycles. The van der Waals surface area contributed by atoms with E-state index in [9.17, 15) is 18.3 Å². The molecule has 0 amide bonds. The number of piperidine rings is 1. The fraction of sp³-hybridized carbons (Fsp3) is 0.381. The number of rotatable bonds is 7. The fourth-order valence-electron chi connectivity index (χ4n) is 4.05. The summed E-state index contributed by atoms with van der Waals surface area (Å²) in [5.41, 5.74) is 1.65. The summed E-state index contributed by atoms with van der Waals surface area (Å²) in [6.07, 6.45) is 6.11. The molecule has 1 saturated heterocycles. The molecular weight excluding hydrogens is 420 g/mol. The van der Waals surface area contributed by atoms with Gasteiger partial charge in [-0.15, -0.1) is 0 Å². The molecule has 4 heterocycles. The van der Waals surface area contributed by atoms with Crippen LogP contribution in [0.2, 0.25) is 0 Å². The molecule has 4 rings (SSSR count). The van der Waals surface area contributed by atoms with Crippen molar-refractivity contribution in [2.45, 2.75) is 37.1 Å². The second kappa shape index (κ2) is 8.64. The Morgan fingerprint density at radius 2 is 2.00 bits per heavy atom.